The first-order valence-electron chi connectivity index (χ1n) is 12.3. The first-order valence-corrected chi connectivity index (χ1v) is 12.3. The number of carbonyl (C=O) groups is 2. The van der Waals surface area contributed by atoms with Gasteiger partial charge in [-0.05, 0) is 43.4 Å². The summed E-state index contributed by atoms with van der Waals surface area (Å²) in [6.07, 6.45) is -0.330. The Morgan fingerprint density at radius 3 is 2.44 bits per heavy atom. The number of nitrogens with one attached hydrogen (secondary N) is 1. The van der Waals surface area contributed by atoms with Gasteiger partial charge in [0.05, 0.1) is 17.2 Å². The van der Waals surface area contributed by atoms with E-state index in [2.05, 4.69) is 31.1 Å². The average Bonchev–Trinajstić information content (AvgIpc) is 3.31. The second kappa shape index (κ2) is 9.78. The van der Waals surface area contributed by atoms with Crippen LogP contribution in [0.15, 0.2) is 29.3 Å². The van der Waals surface area contributed by atoms with Gasteiger partial charge in [0, 0.05) is 37.2 Å². The summed E-state index contributed by atoms with van der Waals surface area (Å²) in [4.78, 5) is 29.1. The molecule has 1 aliphatic carbocycles. The minimum atomic E-state index is -4.62. The summed E-state index contributed by atoms with van der Waals surface area (Å²) >= 11 is 0. The van der Waals surface area contributed by atoms with Crippen molar-refractivity contribution in [2.24, 2.45) is 18.0 Å². The van der Waals surface area contributed by atoms with Gasteiger partial charge in [-0.25, -0.2) is 0 Å². The molecule has 1 atom stereocenters. The van der Waals surface area contributed by atoms with Crippen LogP contribution in [-0.2, 0) is 30.0 Å². The van der Waals surface area contributed by atoms with Gasteiger partial charge in [-0.1, -0.05) is 27.2 Å². The van der Waals surface area contributed by atoms with Crippen LogP contribution in [0.2, 0.25) is 0 Å². The third-order valence-corrected chi connectivity index (χ3v) is 6.94. The zero-order valence-electron chi connectivity index (χ0n) is 21.1. The van der Waals surface area contributed by atoms with Crippen molar-refractivity contribution < 1.29 is 27.5 Å². The number of nitrogens with zero attached hydrogens (tertiary/aromatic N) is 3. The summed E-state index contributed by atoms with van der Waals surface area (Å²) < 4.78 is 50.0. The summed E-state index contributed by atoms with van der Waals surface area (Å²) in [5.74, 6) is -0.415. The van der Waals surface area contributed by atoms with Crippen LogP contribution in [0.1, 0.15) is 74.5 Å². The number of halogens is 3. The van der Waals surface area contributed by atoms with Gasteiger partial charge in [-0.2, -0.15) is 18.2 Å². The van der Waals surface area contributed by atoms with E-state index in [4.69, 9.17) is 4.74 Å². The number of rotatable bonds is 6. The zero-order chi connectivity index (χ0) is 26.3. The fourth-order valence-electron chi connectivity index (χ4n) is 4.66. The minimum absolute atomic E-state index is 0.00965. The van der Waals surface area contributed by atoms with Crippen LogP contribution in [0.25, 0.3) is 0 Å². The highest BCUT2D eigenvalue weighted by Gasteiger charge is 2.33. The summed E-state index contributed by atoms with van der Waals surface area (Å²) in [6.45, 7) is 6.91. The number of hydrogen-bond donors (Lipinski definition) is 1. The van der Waals surface area contributed by atoms with Crippen LogP contribution in [0, 0.1) is 5.92 Å². The fraction of sp³-hybridized carbons (Fsp3) is 0.577. The number of amides is 2. The van der Waals surface area contributed by atoms with Gasteiger partial charge in [0.15, 0.2) is 5.49 Å². The lowest BCUT2D eigenvalue weighted by Gasteiger charge is -2.27. The van der Waals surface area contributed by atoms with Gasteiger partial charge in [0.1, 0.15) is 12.4 Å². The summed E-state index contributed by atoms with van der Waals surface area (Å²) in [5.41, 5.74) is -0.0567. The molecule has 1 N–H and O–H groups in total. The van der Waals surface area contributed by atoms with Gasteiger partial charge >= 0.3 is 6.18 Å². The van der Waals surface area contributed by atoms with Crippen LogP contribution in [0.3, 0.4) is 0 Å². The molecule has 1 saturated heterocycles. The second-order valence-corrected chi connectivity index (χ2v) is 10.8. The van der Waals surface area contributed by atoms with E-state index in [0.717, 1.165) is 36.7 Å². The van der Waals surface area contributed by atoms with Gasteiger partial charge in [-0.15, -0.1) is 0 Å². The van der Waals surface area contributed by atoms with E-state index < -0.39 is 17.6 Å². The van der Waals surface area contributed by atoms with E-state index in [1.54, 1.807) is 0 Å². The van der Waals surface area contributed by atoms with Crippen LogP contribution in [0.4, 0.5) is 13.2 Å². The van der Waals surface area contributed by atoms with E-state index in [-0.39, 0.29) is 35.3 Å². The largest absolute Gasteiger partial charge is 0.491 e. The number of alkyl halides is 3. The van der Waals surface area contributed by atoms with Crippen LogP contribution in [0.5, 0.6) is 5.75 Å². The molecular weight excluding hydrogens is 473 g/mol. The molecule has 196 valence electrons. The molecule has 36 heavy (non-hydrogen) atoms. The highest BCUT2D eigenvalue weighted by Crippen LogP contribution is 2.33. The van der Waals surface area contributed by atoms with Crippen molar-refractivity contribution in [1.29, 1.82) is 0 Å². The maximum absolute atomic E-state index is 13.5. The molecule has 0 unspecified atom stereocenters. The van der Waals surface area contributed by atoms with Gasteiger partial charge in [0.2, 0.25) is 5.91 Å². The second-order valence-electron chi connectivity index (χ2n) is 10.8. The Balaban J connectivity index is 1.72. The molecule has 2 fully saturated rings. The predicted molar refractivity (Wildman–Crippen MR) is 127 cm³/mol. The summed E-state index contributed by atoms with van der Waals surface area (Å²) in [5, 5.41) is 2.75. The molecule has 1 saturated carbocycles. The maximum Gasteiger partial charge on any atom is 0.416 e. The van der Waals surface area contributed by atoms with E-state index in [1.807, 2.05) is 22.5 Å². The molecule has 10 heteroatoms. The van der Waals surface area contributed by atoms with Gasteiger partial charge in [-0.3, -0.25) is 19.0 Å². The van der Waals surface area contributed by atoms with Crippen molar-refractivity contribution in [3.63, 3.8) is 0 Å². The number of ether oxygens (including phenoxy) is 1. The molecule has 4 rings (SSSR count). The Bertz CT molecular complexity index is 1220. The van der Waals surface area contributed by atoms with E-state index >= 15 is 0 Å². The highest BCUT2D eigenvalue weighted by molar-refractivity contribution is 5.97. The molecule has 2 heterocycles. The number of carbonyl (C=O) groups excluding carboxylic acids is 2. The number of aromatic nitrogens is 2. The Morgan fingerprint density at radius 2 is 1.89 bits per heavy atom. The topological polar surface area (TPSA) is 77.6 Å². The van der Waals surface area contributed by atoms with Crippen molar-refractivity contribution in [2.45, 2.75) is 77.1 Å². The molecule has 2 aromatic rings. The molecule has 7 nitrogen and oxygen atoms in total. The first kappa shape index (κ1) is 26.0. The summed E-state index contributed by atoms with van der Waals surface area (Å²) in [7, 11) is 1.91. The molecule has 0 spiro atoms. The van der Waals surface area contributed by atoms with Crippen molar-refractivity contribution in [1.82, 2.24) is 14.7 Å². The van der Waals surface area contributed by atoms with Gasteiger partial charge < -0.3 is 10.1 Å². The first-order chi connectivity index (χ1) is 16.8. The maximum atomic E-state index is 13.5. The quantitative estimate of drug-likeness (QED) is 0.633. The Morgan fingerprint density at radius 1 is 1.17 bits per heavy atom. The molecule has 2 amide bonds. The fourth-order valence-corrected chi connectivity index (χ4v) is 4.66. The monoisotopic (exact) mass is 506 g/mol. The lowest BCUT2D eigenvalue weighted by atomic mass is 9.85. The molecule has 2 aliphatic rings. The third kappa shape index (κ3) is 5.68. The van der Waals surface area contributed by atoms with Crippen molar-refractivity contribution in [2.75, 3.05) is 6.61 Å². The van der Waals surface area contributed by atoms with E-state index in [1.165, 1.54) is 6.42 Å². The molecule has 1 aliphatic heterocycles. The van der Waals surface area contributed by atoms with Crippen molar-refractivity contribution >= 4 is 11.8 Å². The van der Waals surface area contributed by atoms with E-state index in [0.29, 0.717) is 30.8 Å². The number of benzene rings is 1. The predicted octanol–water partition coefficient (Wildman–Crippen LogP) is 4.34. The van der Waals surface area contributed by atoms with Crippen LogP contribution < -0.4 is 15.5 Å². The van der Waals surface area contributed by atoms with Crippen LogP contribution >= 0.6 is 0 Å². The smallest absolute Gasteiger partial charge is 0.416 e. The SMILES string of the molecule is Cn1c(C(C)(C)C)cc(=NC(=O)c2cc(C(F)(F)F)ccc2OC[C@@H]2CCC(=O)N2)n1CC1CCC1. The Hall–Kier alpha value is -3.04. The normalized spacial score (nSPS) is 19.4. The van der Waals surface area contributed by atoms with Crippen molar-refractivity contribution in [3.05, 3.63) is 46.6 Å². The zero-order valence-corrected chi connectivity index (χ0v) is 21.1. The van der Waals surface area contributed by atoms with Gasteiger partial charge in [0.25, 0.3) is 5.91 Å². The third-order valence-electron chi connectivity index (χ3n) is 6.94. The molecule has 0 bridgehead atoms. The van der Waals surface area contributed by atoms with E-state index in [9.17, 15) is 22.8 Å². The standard InChI is InChI=1S/C26H33F3N4O3/c1-25(2,3)21-13-22(33(32(21)4)14-16-6-5-7-16)31-24(35)19-12-17(26(27,28)29)8-10-20(19)36-15-18-9-11-23(34)30-18/h8,10,12-13,16,18H,5-7,9,11,14-15H2,1-4H3,(H,30,34)/t18-/m0/s1. The van der Waals surface area contributed by atoms with Crippen molar-refractivity contribution in [3.8, 4) is 5.75 Å². The highest BCUT2D eigenvalue weighted by atomic mass is 19.4. The number of hydrogen-bond acceptors (Lipinski definition) is 3. The molecule has 0 radical (unpaired) electrons. The molecular formula is C26H33F3N4O3. The van der Waals surface area contributed by atoms with Crippen LogP contribution in [-0.4, -0.2) is 33.8 Å². The minimum Gasteiger partial charge on any atom is -0.491 e. The lowest BCUT2D eigenvalue weighted by molar-refractivity contribution is -0.137. The summed E-state index contributed by atoms with van der Waals surface area (Å²) in [6, 6.07) is 4.40. The average molecular weight is 507 g/mol. The molecule has 1 aromatic carbocycles. The Labute approximate surface area is 208 Å². The molecule has 1 aromatic heterocycles. The lowest BCUT2D eigenvalue weighted by Crippen LogP contribution is -2.31. The Kier molecular flexibility index (Phi) is 7.07.